The van der Waals surface area contributed by atoms with Gasteiger partial charge in [0, 0.05) is 72.8 Å². The molecule has 0 N–H and O–H groups in total. The van der Waals surface area contributed by atoms with Crippen LogP contribution in [0.5, 0.6) is 0 Å². The van der Waals surface area contributed by atoms with Crippen LogP contribution in [0.3, 0.4) is 0 Å². The van der Waals surface area contributed by atoms with Gasteiger partial charge in [0.1, 0.15) is 0 Å². The Labute approximate surface area is 532 Å². The van der Waals surface area contributed by atoms with E-state index in [0.29, 0.717) is 47.5 Å². The van der Waals surface area contributed by atoms with E-state index >= 15 is 0 Å². The maximum Gasteiger partial charge on any atom is 0.0898 e. The molecule has 0 radical (unpaired) electrons. The van der Waals surface area contributed by atoms with E-state index in [9.17, 15) is 0 Å². The predicted molar refractivity (Wildman–Crippen MR) is 397 cm³/mol. The van der Waals surface area contributed by atoms with E-state index in [0.717, 1.165) is 59.0 Å². The van der Waals surface area contributed by atoms with Crippen molar-refractivity contribution in [3.05, 3.63) is 0 Å². The second kappa shape index (κ2) is 72.0. The van der Waals surface area contributed by atoms with E-state index in [4.69, 9.17) is 180 Å². The molecule has 0 bridgehead atoms. The van der Waals surface area contributed by atoms with Crippen molar-refractivity contribution in [1.82, 2.24) is 0 Å². The van der Waals surface area contributed by atoms with Crippen LogP contribution < -0.4 is 0 Å². The third kappa shape index (κ3) is 88.4. The zero-order valence-electron chi connectivity index (χ0n) is 40.2. The minimum absolute atomic E-state index is 0.318. The van der Waals surface area contributed by atoms with Crippen LogP contribution in [0.4, 0.5) is 0 Å². The fourth-order valence-electron chi connectivity index (χ4n) is 4.46. The quantitative estimate of drug-likeness (QED) is 0.0497. The minimum Gasteiger partial charge on any atom is -0.130 e. The number of halogens is 20. The van der Waals surface area contributed by atoms with E-state index in [1.165, 1.54) is 25.5 Å². The second-order valence-electron chi connectivity index (χ2n) is 12.9. The van der Waals surface area contributed by atoms with E-state index < -0.39 is 84.7 Å². The Bertz CT molecular complexity index is 688. The molecule has 0 aliphatic heterocycles. The molecule has 0 atom stereocenters. The zero-order valence-corrected chi connectivity index (χ0v) is 71.4. The third-order valence-corrected chi connectivity index (χ3v) is 65.7. The largest absolute Gasteiger partial charge is 0.130 e. The molecule has 0 rings (SSSR count). The average Bonchev–Trinajstić information content (AvgIpc) is 3.16. The highest BCUT2D eigenvalue weighted by Crippen LogP contribution is 2.74. The van der Waals surface area contributed by atoms with Gasteiger partial charge in [0.25, 0.3) is 0 Å². The molecule has 0 spiro atoms. The van der Waals surface area contributed by atoms with Crippen molar-refractivity contribution in [2.24, 2.45) is 0 Å². The van der Waals surface area contributed by atoms with Gasteiger partial charge >= 0.3 is 0 Å². The van der Waals surface area contributed by atoms with Gasteiger partial charge in [-0.15, -0.1) is 78.1 Å². The summed E-state index contributed by atoms with van der Waals surface area (Å²) in [6, 6.07) is 0. The van der Waals surface area contributed by atoms with Crippen molar-refractivity contribution < 1.29 is 0 Å². The molecule has 0 nitrogen and oxygen atoms in total. The van der Waals surface area contributed by atoms with Gasteiger partial charge in [0.15, 0.2) is 0 Å². The zero-order chi connectivity index (χ0) is 55.0. The van der Waals surface area contributed by atoms with Crippen molar-refractivity contribution >= 4 is 358 Å². The first-order valence-corrected chi connectivity index (χ1v) is 69.1. The van der Waals surface area contributed by atoms with Crippen molar-refractivity contribution in [2.45, 2.75) is 13.8 Å². The molecule has 0 amide bonds. The average molecular weight is 1690 g/mol. The lowest BCUT2D eigenvalue weighted by molar-refractivity contribution is 1.50. The molecule has 0 saturated carbocycles. The number of rotatable bonds is 30. The van der Waals surface area contributed by atoms with Crippen LogP contribution in [0.2, 0.25) is 0 Å². The van der Waals surface area contributed by atoms with Crippen molar-refractivity contribution in [3.63, 3.8) is 0 Å². The maximum atomic E-state index is 5.93. The SMILES string of the molecule is CC.CCl.CCl.CCl.CCl.CP(C)CP(CP(C)C)CP(CP(C)C)CP(C)C.ClP(Cl)CP(CP(Cl)Cl)CP(CP(Cl)Cl)CP(Cl)Cl.ClP(Cl)CP(CP(Cl)Cl)CP(CP(Cl)Cl)CP(Cl)Cl. The molecule has 67 heavy (non-hydrogen) atoms. The second-order valence-corrected chi connectivity index (χ2v) is 75.1. The Hall–Kier alpha value is 13.5. The highest BCUT2D eigenvalue weighted by molar-refractivity contribution is 8.16. The molecule has 0 heterocycles. The highest BCUT2D eigenvalue weighted by atomic mass is 35.9. The molecule has 0 aliphatic rings. The molecule has 0 aromatic carbocycles. The first-order chi connectivity index (χ1) is 31.1. The predicted octanol–water partition coefficient (Wildman–Crippen LogP) is 32.9. The van der Waals surface area contributed by atoms with E-state index in [-0.39, 0.29) is 0 Å². The van der Waals surface area contributed by atoms with Gasteiger partial charge in [-0.25, -0.2) is 0 Å². The van der Waals surface area contributed by atoms with Crippen molar-refractivity contribution in [3.8, 4) is 0 Å². The van der Waals surface area contributed by atoms with E-state index in [1.807, 2.05) is 13.8 Å². The lowest BCUT2D eigenvalue weighted by atomic mass is 11.0. The van der Waals surface area contributed by atoms with Gasteiger partial charge in [0.2, 0.25) is 0 Å². The molecule has 0 fully saturated rings. The summed E-state index contributed by atoms with van der Waals surface area (Å²) in [5.74, 6) is 16.3. The van der Waals surface area contributed by atoms with Crippen LogP contribution in [0.1, 0.15) is 13.8 Å². The summed E-state index contributed by atoms with van der Waals surface area (Å²) < 4.78 is 0. The van der Waals surface area contributed by atoms with Crippen LogP contribution >= 0.6 is 358 Å². The standard InChI is InChI=1S/C13H34P6.2C5H10Cl8P6.C2H6.4CH3Cl/c1-14(2)9-18(10-15(3)4)13-19(11-16(5)6)12-17(7)8;2*6-16(7)2-14(3-17(8)9)1-15(4-18(10)11)5-19(12)13;5*1-2/h9-13H2,1-8H3;2*1-5H2;1-2H3;4*1H3. The van der Waals surface area contributed by atoms with Crippen LogP contribution in [0.15, 0.2) is 0 Å². The van der Waals surface area contributed by atoms with Crippen molar-refractivity contribution in [1.29, 1.82) is 0 Å². The number of hydrogen-bond acceptors (Lipinski definition) is 0. The molecule has 0 aromatic rings. The van der Waals surface area contributed by atoms with E-state index in [1.54, 1.807) is 29.5 Å². The van der Waals surface area contributed by atoms with Gasteiger partial charge in [0.05, 0.1) is 53.0 Å². The van der Waals surface area contributed by atoms with Crippen molar-refractivity contribution in [2.75, 3.05) is 167 Å². The molecule has 0 aromatic heterocycles. The number of hydrogen-bond donors (Lipinski definition) is 0. The summed E-state index contributed by atoms with van der Waals surface area (Å²) in [6.45, 7) is 16.0. The summed E-state index contributed by atoms with van der Waals surface area (Å²) in [5, 5.41) is 0. The smallest absolute Gasteiger partial charge is 0.0898 e. The maximum absolute atomic E-state index is 5.93. The normalized spacial score (nSPS) is 11.5. The topological polar surface area (TPSA) is 0 Å². The summed E-state index contributed by atoms with van der Waals surface area (Å²) in [6.07, 6.45) is 5.89. The molecular weight excluding hydrogens is 1610 g/mol. The van der Waals surface area contributed by atoms with Gasteiger partial charge in [-0.2, -0.15) is 0 Å². The van der Waals surface area contributed by atoms with Gasteiger partial charge in [-0.1, -0.05) is 241 Å². The summed E-state index contributed by atoms with van der Waals surface area (Å²) >= 11 is 113. The summed E-state index contributed by atoms with van der Waals surface area (Å²) in [4.78, 5) is 0. The molecule has 0 saturated heterocycles. The van der Waals surface area contributed by atoms with Crippen LogP contribution in [-0.4, -0.2) is 167 Å². The molecule has 0 aliphatic carbocycles. The first-order valence-electron chi connectivity index (χ1n) is 18.3. The third-order valence-electron chi connectivity index (χ3n) is 5.59. The minimum atomic E-state index is -0.986. The fraction of sp³-hybridized carbons (Fsp3) is 1.00. The Balaban J connectivity index is -0.000000118. The molecule has 38 heteroatoms. The van der Waals surface area contributed by atoms with Crippen LogP contribution in [0.25, 0.3) is 0 Å². The molecule has 418 valence electrons. The van der Waals surface area contributed by atoms with Gasteiger partial charge < -0.3 is 0 Å². The lowest BCUT2D eigenvalue weighted by Gasteiger charge is -2.29. The summed E-state index contributed by atoms with van der Waals surface area (Å²) in [7, 11) is 0.426. The first kappa shape index (κ1) is 96.8. The summed E-state index contributed by atoms with van der Waals surface area (Å²) in [5.41, 5.74) is 0. The fourth-order valence-corrected chi connectivity index (χ4v) is 76.4. The van der Waals surface area contributed by atoms with Gasteiger partial charge in [-0.05, 0) is 94.6 Å². The van der Waals surface area contributed by atoms with Crippen LogP contribution in [-0.2, 0) is 0 Å². The highest BCUT2D eigenvalue weighted by Gasteiger charge is 2.26. The Kier molecular flexibility index (Phi) is 104. The van der Waals surface area contributed by atoms with Crippen LogP contribution in [0, 0.1) is 0 Å². The van der Waals surface area contributed by atoms with E-state index in [2.05, 4.69) is 99.7 Å². The Morgan fingerprint density at radius 3 is 0.343 bits per heavy atom. The Morgan fingerprint density at radius 2 is 0.269 bits per heavy atom. The van der Waals surface area contributed by atoms with Gasteiger partial charge in [-0.3, -0.25) is 0 Å². The number of alkyl halides is 4. The molecule has 0 unspecified atom stereocenters. The monoisotopic (exact) mass is 1680 g/mol. The molecular formula is C29H72Cl20P18. The Morgan fingerprint density at radius 1 is 0.179 bits per heavy atom. The lowest BCUT2D eigenvalue weighted by Crippen LogP contribution is -1.97.